The Balaban J connectivity index is 2.07. The number of benzene rings is 1. The topological polar surface area (TPSA) is 89.5 Å². The first kappa shape index (κ1) is 18.4. The number of esters is 1. The van der Waals surface area contributed by atoms with Gasteiger partial charge < -0.3 is 10.1 Å². The van der Waals surface area contributed by atoms with Crippen molar-refractivity contribution in [1.82, 2.24) is 5.32 Å². The van der Waals surface area contributed by atoms with Crippen LogP contribution in [0.4, 0.5) is 0 Å². The summed E-state index contributed by atoms with van der Waals surface area (Å²) in [5, 5.41) is 2.87. The van der Waals surface area contributed by atoms with Gasteiger partial charge in [-0.1, -0.05) is 18.9 Å². The van der Waals surface area contributed by atoms with Gasteiger partial charge in [-0.25, -0.2) is 13.2 Å². The quantitative estimate of drug-likeness (QED) is 0.818. The number of hydrogen-bond acceptors (Lipinski definition) is 5. The molecule has 7 heteroatoms. The molecule has 0 spiro atoms. The minimum Gasteiger partial charge on any atom is -0.449 e. The number of amides is 1. The first-order chi connectivity index (χ1) is 11.2. The number of hydrogen-bond donors (Lipinski definition) is 1. The zero-order chi connectivity index (χ0) is 17.9. The van der Waals surface area contributed by atoms with Crippen molar-refractivity contribution in [3.8, 4) is 0 Å². The van der Waals surface area contributed by atoms with Crippen LogP contribution in [0.25, 0.3) is 0 Å². The monoisotopic (exact) mass is 353 g/mol. The lowest BCUT2D eigenvalue weighted by Crippen LogP contribution is -2.40. The second kappa shape index (κ2) is 7.34. The van der Waals surface area contributed by atoms with Gasteiger partial charge in [-0.05, 0) is 44.4 Å². The van der Waals surface area contributed by atoms with E-state index in [1.54, 1.807) is 13.0 Å². The molecule has 1 aromatic rings. The number of carbonyl (C=O) groups excluding carboxylic acids is 2. The van der Waals surface area contributed by atoms with Crippen molar-refractivity contribution in [3.05, 3.63) is 29.3 Å². The molecule has 0 unspecified atom stereocenters. The van der Waals surface area contributed by atoms with E-state index in [2.05, 4.69) is 5.32 Å². The van der Waals surface area contributed by atoms with Crippen LogP contribution in [-0.2, 0) is 19.4 Å². The molecule has 1 aliphatic rings. The van der Waals surface area contributed by atoms with Gasteiger partial charge in [-0.15, -0.1) is 0 Å². The molecular formula is C17H23NO5S. The van der Waals surface area contributed by atoms with Crippen LogP contribution in [0.2, 0.25) is 0 Å². The third kappa shape index (κ3) is 4.56. The van der Waals surface area contributed by atoms with E-state index in [0.717, 1.165) is 31.9 Å². The Morgan fingerprint density at radius 3 is 2.46 bits per heavy atom. The fourth-order valence-electron chi connectivity index (χ4n) is 2.72. The lowest BCUT2D eigenvalue weighted by molar-refractivity contribution is -0.129. The summed E-state index contributed by atoms with van der Waals surface area (Å²) in [4.78, 5) is 24.4. The molecule has 0 saturated heterocycles. The summed E-state index contributed by atoms with van der Waals surface area (Å²) in [5.41, 5.74) is 0.745. The molecule has 1 aromatic carbocycles. The van der Waals surface area contributed by atoms with Crippen LogP contribution in [0.1, 0.15) is 48.5 Å². The van der Waals surface area contributed by atoms with Crippen LogP contribution in [0.3, 0.4) is 0 Å². The molecule has 2 rings (SSSR count). The fraction of sp³-hybridized carbons (Fsp3) is 0.529. The van der Waals surface area contributed by atoms with Crippen LogP contribution >= 0.6 is 0 Å². The summed E-state index contributed by atoms with van der Waals surface area (Å²) in [6, 6.07) is 4.43. The number of nitrogens with one attached hydrogen (secondary N) is 1. The van der Waals surface area contributed by atoms with E-state index in [1.165, 1.54) is 19.1 Å². The second-order valence-electron chi connectivity index (χ2n) is 6.29. The molecule has 0 aromatic heterocycles. The van der Waals surface area contributed by atoms with Gasteiger partial charge in [0, 0.05) is 12.3 Å². The van der Waals surface area contributed by atoms with Gasteiger partial charge in [0.1, 0.15) is 0 Å². The molecule has 1 amide bonds. The summed E-state index contributed by atoms with van der Waals surface area (Å²) >= 11 is 0. The van der Waals surface area contributed by atoms with Crippen molar-refractivity contribution in [2.75, 3.05) is 6.26 Å². The molecule has 1 atom stereocenters. The summed E-state index contributed by atoms with van der Waals surface area (Å²) in [7, 11) is -3.42. The van der Waals surface area contributed by atoms with Gasteiger partial charge in [0.15, 0.2) is 15.9 Å². The standard InChI is InChI=1S/C17H23NO5S/c1-11-8-9-14(24(3,21)22)10-15(11)17(20)23-12(2)16(19)18-13-6-4-5-7-13/h8-10,12-13H,4-7H2,1-3H3,(H,18,19)/t12-/m0/s1. The van der Waals surface area contributed by atoms with Crippen molar-refractivity contribution in [3.63, 3.8) is 0 Å². The van der Waals surface area contributed by atoms with Crippen LogP contribution in [0, 0.1) is 6.92 Å². The van der Waals surface area contributed by atoms with Crippen LogP contribution in [-0.4, -0.2) is 38.7 Å². The van der Waals surface area contributed by atoms with Crippen molar-refractivity contribution < 1.29 is 22.7 Å². The van der Waals surface area contributed by atoms with E-state index in [9.17, 15) is 18.0 Å². The molecule has 0 bridgehead atoms. The third-order valence-corrected chi connectivity index (χ3v) is 5.32. The third-order valence-electron chi connectivity index (χ3n) is 4.21. The highest BCUT2D eigenvalue weighted by atomic mass is 32.2. The SMILES string of the molecule is Cc1ccc(S(C)(=O)=O)cc1C(=O)O[C@@H](C)C(=O)NC1CCCC1. The predicted octanol–water partition coefficient (Wildman–Crippen LogP) is 2.00. The second-order valence-corrected chi connectivity index (χ2v) is 8.30. The normalized spacial score (nSPS) is 16.6. The van der Waals surface area contributed by atoms with Crippen molar-refractivity contribution in [1.29, 1.82) is 0 Å². The highest BCUT2D eigenvalue weighted by Crippen LogP contribution is 2.19. The molecule has 1 fully saturated rings. The molecule has 0 radical (unpaired) electrons. The van der Waals surface area contributed by atoms with Gasteiger partial charge in [0.2, 0.25) is 0 Å². The molecule has 0 heterocycles. The number of ether oxygens (including phenoxy) is 1. The van der Waals surface area contributed by atoms with E-state index >= 15 is 0 Å². The Hall–Kier alpha value is -1.89. The Labute approximate surface area is 142 Å². The van der Waals surface area contributed by atoms with Gasteiger partial charge in [-0.2, -0.15) is 0 Å². The molecule has 0 aliphatic heterocycles. The van der Waals surface area contributed by atoms with E-state index in [1.807, 2.05) is 0 Å². The summed E-state index contributed by atoms with van der Waals surface area (Å²) in [6.45, 7) is 3.20. The molecular weight excluding hydrogens is 330 g/mol. The maximum atomic E-state index is 12.3. The first-order valence-electron chi connectivity index (χ1n) is 8.00. The summed E-state index contributed by atoms with van der Waals surface area (Å²) < 4.78 is 28.5. The minimum atomic E-state index is -3.42. The Morgan fingerprint density at radius 1 is 1.25 bits per heavy atom. The molecule has 24 heavy (non-hydrogen) atoms. The van der Waals surface area contributed by atoms with Crippen molar-refractivity contribution in [2.45, 2.75) is 56.6 Å². The zero-order valence-corrected chi connectivity index (χ0v) is 15.0. The van der Waals surface area contributed by atoms with Crippen LogP contribution in [0.15, 0.2) is 23.1 Å². The lowest BCUT2D eigenvalue weighted by Gasteiger charge is -2.17. The smallest absolute Gasteiger partial charge is 0.339 e. The van der Waals surface area contributed by atoms with E-state index in [4.69, 9.17) is 4.74 Å². The molecule has 1 N–H and O–H groups in total. The lowest BCUT2D eigenvalue weighted by atomic mass is 10.1. The average molecular weight is 353 g/mol. The van der Waals surface area contributed by atoms with Gasteiger partial charge in [-0.3, -0.25) is 4.79 Å². The van der Waals surface area contributed by atoms with Crippen molar-refractivity contribution in [2.24, 2.45) is 0 Å². The van der Waals surface area contributed by atoms with Gasteiger partial charge >= 0.3 is 5.97 Å². The van der Waals surface area contributed by atoms with E-state index in [0.29, 0.717) is 5.56 Å². The number of sulfone groups is 1. The average Bonchev–Trinajstić information content (AvgIpc) is 2.99. The first-order valence-corrected chi connectivity index (χ1v) is 9.89. The fourth-order valence-corrected chi connectivity index (χ4v) is 3.37. The summed E-state index contributed by atoms with van der Waals surface area (Å²) in [6.07, 6.45) is 4.22. The van der Waals surface area contributed by atoms with Crippen LogP contribution in [0.5, 0.6) is 0 Å². The Kier molecular flexibility index (Phi) is 5.64. The highest BCUT2D eigenvalue weighted by molar-refractivity contribution is 7.90. The highest BCUT2D eigenvalue weighted by Gasteiger charge is 2.24. The van der Waals surface area contributed by atoms with Crippen LogP contribution < -0.4 is 5.32 Å². The van der Waals surface area contributed by atoms with E-state index in [-0.39, 0.29) is 22.4 Å². The van der Waals surface area contributed by atoms with Gasteiger partial charge in [0.05, 0.1) is 10.5 Å². The molecule has 1 aliphatic carbocycles. The molecule has 6 nitrogen and oxygen atoms in total. The summed E-state index contributed by atoms with van der Waals surface area (Å²) in [5.74, 6) is -1.03. The maximum Gasteiger partial charge on any atom is 0.339 e. The minimum absolute atomic E-state index is 0.0445. The molecule has 1 saturated carbocycles. The number of rotatable bonds is 5. The zero-order valence-electron chi connectivity index (χ0n) is 14.2. The van der Waals surface area contributed by atoms with Gasteiger partial charge in [0.25, 0.3) is 5.91 Å². The Bertz CT molecular complexity index is 735. The molecule has 132 valence electrons. The largest absolute Gasteiger partial charge is 0.449 e. The van der Waals surface area contributed by atoms with Crippen molar-refractivity contribution >= 4 is 21.7 Å². The number of carbonyl (C=O) groups is 2. The number of aryl methyl sites for hydroxylation is 1. The predicted molar refractivity (Wildman–Crippen MR) is 89.6 cm³/mol. The maximum absolute atomic E-state index is 12.3. The van der Waals surface area contributed by atoms with E-state index < -0.39 is 21.9 Å². The Morgan fingerprint density at radius 2 is 1.88 bits per heavy atom.